The molecule has 0 fully saturated rings. The van der Waals surface area contributed by atoms with Crippen LogP contribution in [0.1, 0.15) is 31.7 Å². The largest absolute Gasteiger partial charge is 0.396 e. The molecule has 1 rings (SSSR count). The van der Waals surface area contributed by atoms with E-state index in [1.807, 2.05) is 0 Å². The lowest BCUT2D eigenvalue weighted by atomic mass is 10.2. The van der Waals surface area contributed by atoms with Crippen LogP contribution in [0, 0.1) is 17.7 Å². The summed E-state index contributed by atoms with van der Waals surface area (Å²) in [6, 6.07) is 4.64. The highest BCUT2D eigenvalue weighted by Gasteiger charge is 1.96. The molecule has 0 aliphatic heterocycles. The predicted molar refractivity (Wildman–Crippen MR) is 57.2 cm³/mol. The van der Waals surface area contributed by atoms with E-state index < -0.39 is 5.82 Å². The van der Waals surface area contributed by atoms with Gasteiger partial charge in [0.2, 0.25) is 0 Å². The van der Waals surface area contributed by atoms with Crippen LogP contribution in [-0.4, -0.2) is 0 Å². The van der Waals surface area contributed by atoms with Crippen molar-refractivity contribution in [2.45, 2.75) is 26.2 Å². The van der Waals surface area contributed by atoms with Crippen LogP contribution in [0.15, 0.2) is 18.2 Å². The lowest BCUT2D eigenvalue weighted by Crippen LogP contribution is -1.90. The first kappa shape index (κ1) is 10.6. The summed E-state index contributed by atoms with van der Waals surface area (Å²) >= 11 is 0. The number of benzene rings is 1. The second-order valence-electron chi connectivity index (χ2n) is 3.14. The summed E-state index contributed by atoms with van der Waals surface area (Å²) in [7, 11) is 0. The van der Waals surface area contributed by atoms with E-state index in [0.29, 0.717) is 5.56 Å². The molecule has 0 unspecified atom stereocenters. The number of halogens is 1. The highest BCUT2D eigenvalue weighted by atomic mass is 19.1. The van der Waals surface area contributed by atoms with E-state index in [2.05, 4.69) is 18.8 Å². The molecule has 0 spiro atoms. The minimum absolute atomic E-state index is 0.170. The van der Waals surface area contributed by atoms with Crippen molar-refractivity contribution < 1.29 is 4.39 Å². The Balaban J connectivity index is 2.66. The van der Waals surface area contributed by atoms with Crippen LogP contribution in [0.5, 0.6) is 0 Å². The van der Waals surface area contributed by atoms with Crippen molar-refractivity contribution in [3.05, 3.63) is 29.6 Å². The minimum atomic E-state index is -0.396. The van der Waals surface area contributed by atoms with Gasteiger partial charge in [0, 0.05) is 12.0 Å². The maximum absolute atomic E-state index is 13.0. The molecular weight excluding hydrogens is 177 g/mol. The molecule has 0 heterocycles. The number of anilines is 1. The molecule has 0 aliphatic rings. The normalized spacial score (nSPS) is 9.29. The lowest BCUT2D eigenvalue weighted by molar-refractivity contribution is 0.632. The molecule has 1 aromatic carbocycles. The molecule has 0 aliphatic carbocycles. The minimum Gasteiger partial charge on any atom is -0.396 e. The molecule has 0 saturated carbocycles. The fraction of sp³-hybridized carbons (Fsp3) is 0.333. The van der Waals surface area contributed by atoms with Crippen molar-refractivity contribution in [3.8, 4) is 11.8 Å². The van der Waals surface area contributed by atoms with Gasteiger partial charge in [0.25, 0.3) is 0 Å². The van der Waals surface area contributed by atoms with Crippen molar-refractivity contribution in [2.75, 3.05) is 5.73 Å². The quantitative estimate of drug-likeness (QED) is 0.434. The van der Waals surface area contributed by atoms with Crippen LogP contribution in [0.3, 0.4) is 0 Å². The molecule has 0 amide bonds. The molecule has 1 aromatic rings. The van der Waals surface area contributed by atoms with Gasteiger partial charge in [-0.1, -0.05) is 25.2 Å². The smallest absolute Gasteiger partial charge is 0.147 e. The first-order chi connectivity index (χ1) is 6.74. The van der Waals surface area contributed by atoms with Crippen molar-refractivity contribution in [1.29, 1.82) is 0 Å². The molecule has 1 nitrogen and oxygen atoms in total. The predicted octanol–water partition coefficient (Wildman–Crippen LogP) is 2.95. The van der Waals surface area contributed by atoms with E-state index >= 15 is 0 Å². The Labute approximate surface area is 84.1 Å². The molecule has 74 valence electrons. The van der Waals surface area contributed by atoms with Gasteiger partial charge in [-0.2, -0.15) is 0 Å². The summed E-state index contributed by atoms with van der Waals surface area (Å²) in [4.78, 5) is 0. The van der Waals surface area contributed by atoms with Crippen molar-refractivity contribution in [2.24, 2.45) is 0 Å². The van der Waals surface area contributed by atoms with E-state index in [1.54, 1.807) is 12.1 Å². The number of rotatable bonds is 2. The van der Waals surface area contributed by atoms with Gasteiger partial charge in [0.15, 0.2) is 0 Å². The zero-order chi connectivity index (χ0) is 10.4. The van der Waals surface area contributed by atoms with Crippen molar-refractivity contribution >= 4 is 5.69 Å². The summed E-state index contributed by atoms with van der Waals surface area (Å²) in [6.45, 7) is 2.12. The van der Waals surface area contributed by atoms with Crippen LogP contribution in [0.2, 0.25) is 0 Å². The van der Waals surface area contributed by atoms with E-state index in [4.69, 9.17) is 5.73 Å². The highest BCUT2D eigenvalue weighted by molar-refractivity contribution is 5.46. The average molecular weight is 191 g/mol. The van der Waals surface area contributed by atoms with Gasteiger partial charge in [-0.3, -0.25) is 0 Å². The molecule has 2 N–H and O–H groups in total. The van der Waals surface area contributed by atoms with Crippen LogP contribution < -0.4 is 5.73 Å². The van der Waals surface area contributed by atoms with E-state index in [1.165, 1.54) is 6.07 Å². The zero-order valence-electron chi connectivity index (χ0n) is 8.31. The number of hydrogen-bond donors (Lipinski definition) is 1. The van der Waals surface area contributed by atoms with Gasteiger partial charge in [0.05, 0.1) is 5.69 Å². The fourth-order valence-corrected chi connectivity index (χ4v) is 1.03. The number of hydrogen-bond acceptors (Lipinski definition) is 1. The molecule has 2 heteroatoms. The molecule has 0 radical (unpaired) electrons. The Bertz CT molecular complexity index is 360. The van der Waals surface area contributed by atoms with Crippen LogP contribution in [0.25, 0.3) is 0 Å². The summed E-state index contributed by atoms with van der Waals surface area (Å²) < 4.78 is 13.0. The molecular formula is C12H14FN. The number of unbranched alkanes of at least 4 members (excludes halogenated alkanes) is 2. The summed E-state index contributed by atoms with van der Waals surface area (Å²) in [6.07, 6.45) is 3.08. The standard InChI is InChI=1S/C12H14FN/c1-2-3-4-5-6-10-7-8-12(14)11(13)9-10/h7-9H,2-4,14H2,1H3. The van der Waals surface area contributed by atoms with Gasteiger partial charge in [-0.15, -0.1) is 0 Å². The molecule has 14 heavy (non-hydrogen) atoms. The Hall–Kier alpha value is -1.49. The third-order valence-corrected chi connectivity index (χ3v) is 1.89. The van der Waals surface area contributed by atoms with E-state index in [0.717, 1.165) is 19.3 Å². The maximum atomic E-state index is 13.0. The topological polar surface area (TPSA) is 26.0 Å². The SMILES string of the molecule is CCCCC#Cc1ccc(N)c(F)c1. The average Bonchev–Trinajstić information content (AvgIpc) is 2.18. The second kappa shape index (κ2) is 5.29. The van der Waals surface area contributed by atoms with Crippen LogP contribution >= 0.6 is 0 Å². The van der Waals surface area contributed by atoms with Crippen LogP contribution in [0.4, 0.5) is 10.1 Å². The first-order valence-electron chi connectivity index (χ1n) is 4.78. The van der Waals surface area contributed by atoms with E-state index in [9.17, 15) is 4.39 Å². The first-order valence-corrected chi connectivity index (χ1v) is 4.78. The van der Waals surface area contributed by atoms with Gasteiger partial charge in [-0.25, -0.2) is 4.39 Å². The third kappa shape index (κ3) is 3.10. The number of nitrogens with two attached hydrogens (primary N) is 1. The Kier molecular flexibility index (Phi) is 4.00. The Morgan fingerprint density at radius 3 is 2.86 bits per heavy atom. The van der Waals surface area contributed by atoms with Crippen molar-refractivity contribution in [1.82, 2.24) is 0 Å². The third-order valence-electron chi connectivity index (χ3n) is 1.89. The Morgan fingerprint density at radius 1 is 1.43 bits per heavy atom. The summed E-state index contributed by atoms with van der Waals surface area (Å²) in [5.41, 5.74) is 6.20. The van der Waals surface area contributed by atoms with Gasteiger partial charge < -0.3 is 5.73 Å². The van der Waals surface area contributed by atoms with Crippen LogP contribution in [-0.2, 0) is 0 Å². The Morgan fingerprint density at radius 2 is 2.21 bits per heavy atom. The fourth-order valence-electron chi connectivity index (χ4n) is 1.03. The molecule has 0 atom stereocenters. The summed E-state index contributed by atoms with van der Waals surface area (Å²) in [5, 5.41) is 0. The van der Waals surface area contributed by atoms with E-state index in [-0.39, 0.29) is 5.69 Å². The highest BCUT2D eigenvalue weighted by Crippen LogP contribution is 2.10. The molecule has 0 saturated heterocycles. The number of nitrogen functional groups attached to an aromatic ring is 1. The molecule has 0 aromatic heterocycles. The van der Waals surface area contributed by atoms with Gasteiger partial charge in [-0.05, 0) is 24.6 Å². The summed E-state index contributed by atoms with van der Waals surface area (Å²) in [5.74, 6) is 5.50. The second-order valence-corrected chi connectivity index (χ2v) is 3.14. The van der Waals surface area contributed by atoms with Crippen molar-refractivity contribution in [3.63, 3.8) is 0 Å². The van der Waals surface area contributed by atoms with Gasteiger partial charge >= 0.3 is 0 Å². The lowest BCUT2D eigenvalue weighted by Gasteiger charge is -1.95. The molecule has 0 bridgehead atoms. The maximum Gasteiger partial charge on any atom is 0.147 e. The monoisotopic (exact) mass is 191 g/mol. The zero-order valence-corrected chi connectivity index (χ0v) is 8.31. The van der Waals surface area contributed by atoms with Gasteiger partial charge in [0.1, 0.15) is 5.82 Å².